The van der Waals surface area contributed by atoms with Gasteiger partial charge in [0.25, 0.3) is 0 Å². The summed E-state index contributed by atoms with van der Waals surface area (Å²) >= 11 is 0. The largest absolute Gasteiger partial charge is 0.409 e. The van der Waals surface area contributed by atoms with Crippen LogP contribution in [0.25, 0.3) is 0 Å². The van der Waals surface area contributed by atoms with E-state index in [1.807, 2.05) is 0 Å². The minimum Gasteiger partial charge on any atom is -0.409 e. The van der Waals surface area contributed by atoms with Crippen LogP contribution in [-0.4, -0.2) is 28.5 Å². The summed E-state index contributed by atoms with van der Waals surface area (Å²) < 4.78 is 14.1. The maximum Gasteiger partial charge on any atom is 0.170 e. The first-order valence-corrected chi connectivity index (χ1v) is 7.16. The van der Waals surface area contributed by atoms with E-state index < -0.39 is 0 Å². The van der Waals surface area contributed by atoms with Gasteiger partial charge >= 0.3 is 0 Å². The molecule has 0 saturated heterocycles. The molecular formula is C15H22FN3O. The normalized spacial score (nSPS) is 17.1. The second-order valence-corrected chi connectivity index (χ2v) is 5.29. The molecule has 2 rings (SSSR count). The molecule has 1 aliphatic rings. The van der Waals surface area contributed by atoms with Gasteiger partial charge in [0.15, 0.2) is 5.84 Å². The van der Waals surface area contributed by atoms with Crippen LogP contribution in [-0.2, 0) is 6.54 Å². The molecule has 1 aliphatic carbocycles. The Bertz CT molecular complexity index is 484. The van der Waals surface area contributed by atoms with Crippen LogP contribution >= 0.6 is 0 Å². The molecule has 4 nitrogen and oxygen atoms in total. The van der Waals surface area contributed by atoms with E-state index in [0.29, 0.717) is 23.7 Å². The number of amidine groups is 1. The predicted octanol–water partition coefficient (Wildman–Crippen LogP) is 2.68. The van der Waals surface area contributed by atoms with Gasteiger partial charge in [0.05, 0.1) is 0 Å². The second kappa shape index (κ2) is 6.70. The van der Waals surface area contributed by atoms with E-state index in [4.69, 9.17) is 10.9 Å². The Morgan fingerprint density at radius 1 is 1.45 bits per heavy atom. The Hall–Kier alpha value is -1.62. The highest BCUT2D eigenvalue weighted by Crippen LogP contribution is 2.25. The molecule has 1 aromatic rings. The highest BCUT2D eigenvalue weighted by molar-refractivity contribution is 5.97. The molecule has 1 saturated carbocycles. The first-order valence-electron chi connectivity index (χ1n) is 7.16. The SMILES string of the molecule is CCN(Cc1ccc(/C(N)=N/O)cc1F)C1CCCC1. The molecule has 3 N–H and O–H groups in total. The van der Waals surface area contributed by atoms with E-state index >= 15 is 0 Å². The second-order valence-electron chi connectivity index (χ2n) is 5.29. The van der Waals surface area contributed by atoms with Crippen molar-refractivity contribution in [2.45, 2.75) is 45.2 Å². The molecule has 0 unspecified atom stereocenters. The Balaban J connectivity index is 2.12. The van der Waals surface area contributed by atoms with E-state index in [1.165, 1.54) is 31.7 Å². The zero-order valence-corrected chi connectivity index (χ0v) is 11.8. The molecule has 1 aromatic carbocycles. The number of halogens is 1. The van der Waals surface area contributed by atoms with Crippen LogP contribution < -0.4 is 5.73 Å². The fourth-order valence-electron chi connectivity index (χ4n) is 2.88. The summed E-state index contributed by atoms with van der Waals surface area (Å²) in [6, 6.07) is 5.31. The Morgan fingerprint density at radius 2 is 2.15 bits per heavy atom. The number of nitrogens with zero attached hydrogens (tertiary/aromatic N) is 2. The van der Waals surface area contributed by atoms with Crippen LogP contribution in [0.2, 0.25) is 0 Å². The quantitative estimate of drug-likeness (QED) is 0.377. The van der Waals surface area contributed by atoms with Crippen LogP contribution in [0.3, 0.4) is 0 Å². The van der Waals surface area contributed by atoms with Gasteiger partial charge in [-0.3, -0.25) is 4.90 Å². The van der Waals surface area contributed by atoms with Crippen LogP contribution in [0.1, 0.15) is 43.7 Å². The Morgan fingerprint density at radius 3 is 2.70 bits per heavy atom. The molecule has 1 fully saturated rings. The van der Waals surface area contributed by atoms with Crippen molar-refractivity contribution in [2.24, 2.45) is 10.9 Å². The first-order chi connectivity index (χ1) is 9.65. The minimum atomic E-state index is -0.300. The smallest absolute Gasteiger partial charge is 0.170 e. The standard InChI is InChI=1S/C15H22FN3O/c1-2-19(13-5-3-4-6-13)10-12-8-7-11(9-14(12)16)15(17)18-20/h7-9,13,20H,2-6,10H2,1H3,(H2,17,18). The summed E-state index contributed by atoms with van der Waals surface area (Å²) in [6.07, 6.45) is 4.95. The summed E-state index contributed by atoms with van der Waals surface area (Å²) in [5.74, 6) is -0.371. The maximum atomic E-state index is 14.1. The third kappa shape index (κ3) is 3.28. The lowest BCUT2D eigenvalue weighted by Crippen LogP contribution is -2.32. The van der Waals surface area contributed by atoms with E-state index in [-0.39, 0.29) is 11.7 Å². The third-order valence-electron chi connectivity index (χ3n) is 4.08. The van der Waals surface area contributed by atoms with Gasteiger partial charge in [0, 0.05) is 23.7 Å². The zero-order valence-electron chi connectivity index (χ0n) is 11.8. The third-order valence-corrected chi connectivity index (χ3v) is 4.08. The van der Waals surface area contributed by atoms with E-state index in [9.17, 15) is 4.39 Å². The molecule has 0 aliphatic heterocycles. The molecule has 0 bridgehead atoms. The van der Waals surface area contributed by atoms with Crippen molar-refractivity contribution in [2.75, 3.05) is 6.54 Å². The van der Waals surface area contributed by atoms with Gasteiger partial charge in [0.1, 0.15) is 5.82 Å². The first kappa shape index (κ1) is 14.8. The summed E-state index contributed by atoms with van der Waals surface area (Å²) in [6.45, 7) is 3.65. The van der Waals surface area contributed by atoms with Crippen molar-refractivity contribution in [3.8, 4) is 0 Å². The monoisotopic (exact) mass is 279 g/mol. The molecule has 0 amide bonds. The molecule has 0 radical (unpaired) electrons. The zero-order chi connectivity index (χ0) is 14.5. The number of oxime groups is 1. The van der Waals surface area contributed by atoms with E-state index in [1.54, 1.807) is 12.1 Å². The van der Waals surface area contributed by atoms with Gasteiger partial charge in [-0.15, -0.1) is 0 Å². The number of hydrogen-bond acceptors (Lipinski definition) is 3. The van der Waals surface area contributed by atoms with Crippen molar-refractivity contribution in [3.05, 3.63) is 35.1 Å². The highest BCUT2D eigenvalue weighted by Gasteiger charge is 2.22. The van der Waals surface area contributed by atoms with Crippen molar-refractivity contribution < 1.29 is 9.60 Å². The van der Waals surface area contributed by atoms with Crippen LogP contribution in [0.4, 0.5) is 4.39 Å². The van der Waals surface area contributed by atoms with Gasteiger partial charge in [-0.1, -0.05) is 37.1 Å². The molecular weight excluding hydrogens is 257 g/mol. The van der Waals surface area contributed by atoms with Crippen LogP contribution in [0, 0.1) is 5.82 Å². The average molecular weight is 279 g/mol. The minimum absolute atomic E-state index is 0.0707. The average Bonchev–Trinajstić information content (AvgIpc) is 2.99. The van der Waals surface area contributed by atoms with Gasteiger partial charge in [0.2, 0.25) is 0 Å². The predicted molar refractivity (Wildman–Crippen MR) is 77.3 cm³/mol. The lowest BCUT2D eigenvalue weighted by molar-refractivity contribution is 0.198. The fourth-order valence-corrected chi connectivity index (χ4v) is 2.88. The maximum absolute atomic E-state index is 14.1. The summed E-state index contributed by atoms with van der Waals surface area (Å²) in [4.78, 5) is 2.33. The topological polar surface area (TPSA) is 61.8 Å². The molecule has 0 atom stereocenters. The van der Waals surface area contributed by atoms with Crippen molar-refractivity contribution in [1.82, 2.24) is 4.90 Å². The molecule has 5 heteroatoms. The van der Waals surface area contributed by atoms with E-state index in [0.717, 1.165) is 6.54 Å². The fraction of sp³-hybridized carbons (Fsp3) is 0.533. The molecule has 0 spiro atoms. The van der Waals surface area contributed by atoms with Gasteiger partial charge in [-0.25, -0.2) is 4.39 Å². The van der Waals surface area contributed by atoms with Crippen molar-refractivity contribution in [1.29, 1.82) is 0 Å². The Labute approximate surface area is 119 Å². The van der Waals surface area contributed by atoms with E-state index in [2.05, 4.69) is 17.0 Å². The van der Waals surface area contributed by atoms with Crippen LogP contribution in [0.5, 0.6) is 0 Å². The van der Waals surface area contributed by atoms with Gasteiger partial charge in [-0.2, -0.15) is 0 Å². The van der Waals surface area contributed by atoms with Gasteiger partial charge in [-0.05, 0) is 25.5 Å². The molecule has 0 aromatic heterocycles. The van der Waals surface area contributed by atoms with Crippen molar-refractivity contribution >= 4 is 5.84 Å². The van der Waals surface area contributed by atoms with Crippen molar-refractivity contribution in [3.63, 3.8) is 0 Å². The number of rotatable bonds is 5. The van der Waals surface area contributed by atoms with Crippen LogP contribution in [0.15, 0.2) is 23.4 Å². The number of benzene rings is 1. The summed E-state index contributed by atoms with van der Waals surface area (Å²) in [7, 11) is 0. The lowest BCUT2D eigenvalue weighted by atomic mass is 10.1. The number of nitrogens with two attached hydrogens (primary N) is 1. The molecule has 20 heavy (non-hydrogen) atoms. The Kier molecular flexibility index (Phi) is 4.95. The number of hydrogen-bond donors (Lipinski definition) is 2. The lowest BCUT2D eigenvalue weighted by Gasteiger charge is -2.27. The summed E-state index contributed by atoms with van der Waals surface area (Å²) in [5, 5.41) is 11.5. The molecule has 0 heterocycles. The molecule has 110 valence electrons. The van der Waals surface area contributed by atoms with Gasteiger partial charge < -0.3 is 10.9 Å². The highest BCUT2D eigenvalue weighted by atomic mass is 19.1. The summed E-state index contributed by atoms with van der Waals surface area (Å²) in [5.41, 5.74) is 6.52.